The van der Waals surface area contributed by atoms with E-state index in [-0.39, 0.29) is 0 Å². The highest BCUT2D eigenvalue weighted by Crippen LogP contribution is 2.20. The van der Waals surface area contributed by atoms with E-state index in [1.54, 1.807) is 0 Å². The summed E-state index contributed by atoms with van der Waals surface area (Å²) in [4.78, 5) is 2.51. The average molecular weight is 225 g/mol. The molecular weight excluding hydrogens is 198 g/mol. The maximum Gasteiger partial charge on any atom is 0.0105 e. The van der Waals surface area contributed by atoms with Gasteiger partial charge in [-0.05, 0) is 51.2 Å². The van der Waals surface area contributed by atoms with E-state index in [2.05, 4.69) is 10.2 Å². The lowest BCUT2D eigenvalue weighted by Crippen LogP contribution is -2.40. The van der Waals surface area contributed by atoms with Crippen molar-refractivity contribution < 1.29 is 0 Å². The minimum Gasteiger partial charge on any atom is -0.329 e. The van der Waals surface area contributed by atoms with Crippen LogP contribution < -0.4 is 11.1 Å². The third-order valence-corrected chi connectivity index (χ3v) is 4.20. The summed E-state index contributed by atoms with van der Waals surface area (Å²) < 4.78 is 0. The molecule has 1 aliphatic heterocycles. The van der Waals surface area contributed by atoms with Crippen LogP contribution in [-0.4, -0.2) is 43.7 Å². The van der Waals surface area contributed by atoms with E-state index in [0.717, 1.165) is 25.0 Å². The molecule has 0 aromatic rings. The number of rotatable bonds is 5. The Morgan fingerprint density at radius 3 is 2.38 bits per heavy atom. The second kappa shape index (κ2) is 6.58. The normalized spacial score (nSPS) is 25.3. The fourth-order valence-corrected chi connectivity index (χ4v) is 3.06. The van der Waals surface area contributed by atoms with Gasteiger partial charge >= 0.3 is 0 Å². The first-order valence-electron chi connectivity index (χ1n) is 7.04. The number of hydrogen-bond acceptors (Lipinski definition) is 3. The molecule has 2 rings (SSSR count). The molecule has 1 heterocycles. The molecule has 0 unspecified atom stereocenters. The van der Waals surface area contributed by atoms with Crippen molar-refractivity contribution in [1.29, 1.82) is 0 Å². The summed E-state index contributed by atoms with van der Waals surface area (Å²) in [5.41, 5.74) is 5.58. The van der Waals surface area contributed by atoms with E-state index in [1.807, 2.05) is 0 Å². The Morgan fingerprint density at radius 2 is 1.75 bits per heavy atom. The third kappa shape index (κ3) is 3.72. The van der Waals surface area contributed by atoms with Gasteiger partial charge in [0.25, 0.3) is 0 Å². The van der Waals surface area contributed by atoms with Crippen LogP contribution in [-0.2, 0) is 0 Å². The van der Waals surface area contributed by atoms with E-state index in [9.17, 15) is 0 Å². The molecule has 0 aromatic heterocycles. The molecule has 16 heavy (non-hydrogen) atoms. The molecule has 0 spiro atoms. The van der Waals surface area contributed by atoms with Gasteiger partial charge in [-0.15, -0.1) is 0 Å². The topological polar surface area (TPSA) is 41.3 Å². The molecule has 2 aliphatic rings. The molecule has 3 heteroatoms. The van der Waals surface area contributed by atoms with Crippen LogP contribution in [0.5, 0.6) is 0 Å². The number of piperidine rings is 1. The molecule has 0 aromatic carbocycles. The zero-order valence-electron chi connectivity index (χ0n) is 10.5. The van der Waals surface area contributed by atoms with E-state index in [4.69, 9.17) is 5.73 Å². The fraction of sp³-hybridized carbons (Fsp3) is 1.00. The average Bonchev–Trinajstić information content (AvgIpc) is 2.82. The number of nitrogens with two attached hydrogens (primary N) is 1. The highest BCUT2D eigenvalue weighted by atomic mass is 15.1. The standard InChI is InChI=1S/C13H27N3/c14-7-10-16-8-5-12(6-9-16)11-15-13-3-1-2-4-13/h12-13,15H,1-11,14H2. The summed E-state index contributed by atoms with van der Waals surface area (Å²) in [6, 6.07) is 0.835. The first-order chi connectivity index (χ1) is 7.88. The Kier molecular flexibility index (Phi) is 5.07. The van der Waals surface area contributed by atoms with Crippen molar-refractivity contribution in [2.75, 3.05) is 32.7 Å². The first kappa shape index (κ1) is 12.3. The number of hydrogen-bond donors (Lipinski definition) is 2. The van der Waals surface area contributed by atoms with Gasteiger partial charge in [0.05, 0.1) is 0 Å². The van der Waals surface area contributed by atoms with Crippen LogP contribution in [0.2, 0.25) is 0 Å². The van der Waals surface area contributed by atoms with Crippen LogP contribution >= 0.6 is 0 Å². The van der Waals surface area contributed by atoms with Gasteiger partial charge in [-0.2, -0.15) is 0 Å². The monoisotopic (exact) mass is 225 g/mol. The van der Waals surface area contributed by atoms with Crippen LogP contribution in [0.4, 0.5) is 0 Å². The molecular formula is C13H27N3. The lowest BCUT2D eigenvalue weighted by Gasteiger charge is -2.32. The highest BCUT2D eigenvalue weighted by Gasteiger charge is 2.20. The molecule has 1 saturated carbocycles. The number of likely N-dealkylation sites (tertiary alicyclic amines) is 1. The lowest BCUT2D eigenvalue weighted by molar-refractivity contribution is 0.184. The Balaban J connectivity index is 1.57. The molecule has 1 saturated heterocycles. The van der Waals surface area contributed by atoms with Crippen molar-refractivity contribution in [3.63, 3.8) is 0 Å². The molecule has 0 radical (unpaired) electrons. The maximum atomic E-state index is 5.58. The van der Waals surface area contributed by atoms with Crippen LogP contribution in [0.3, 0.4) is 0 Å². The predicted octanol–water partition coefficient (Wildman–Crippen LogP) is 1.19. The van der Waals surface area contributed by atoms with Crippen molar-refractivity contribution in [3.8, 4) is 0 Å². The Labute approximate surface area is 99.8 Å². The Bertz CT molecular complexity index is 182. The lowest BCUT2D eigenvalue weighted by atomic mass is 9.96. The second-order valence-electron chi connectivity index (χ2n) is 5.46. The molecule has 0 bridgehead atoms. The number of nitrogens with one attached hydrogen (secondary N) is 1. The smallest absolute Gasteiger partial charge is 0.0105 e. The van der Waals surface area contributed by atoms with Gasteiger partial charge in [0.1, 0.15) is 0 Å². The van der Waals surface area contributed by atoms with E-state index in [1.165, 1.54) is 58.2 Å². The summed E-state index contributed by atoms with van der Waals surface area (Å²) in [5, 5.41) is 3.75. The van der Waals surface area contributed by atoms with Gasteiger partial charge in [-0.1, -0.05) is 12.8 Å². The van der Waals surface area contributed by atoms with Gasteiger partial charge in [-0.25, -0.2) is 0 Å². The largest absolute Gasteiger partial charge is 0.329 e. The van der Waals surface area contributed by atoms with Gasteiger partial charge in [0.15, 0.2) is 0 Å². The van der Waals surface area contributed by atoms with Crippen LogP contribution in [0.25, 0.3) is 0 Å². The zero-order chi connectivity index (χ0) is 11.2. The van der Waals surface area contributed by atoms with Crippen LogP contribution in [0.15, 0.2) is 0 Å². The summed E-state index contributed by atoms with van der Waals surface area (Å²) in [5.74, 6) is 0.912. The van der Waals surface area contributed by atoms with Gasteiger partial charge in [0, 0.05) is 19.1 Å². The van der Waals surface area contributed by atoms with Crippen molar-refractivity contribution in [2.24, 2.45) is 11.7 Å². The molecule has 3 N–H and O–H groups in total. The molecule has 1 aliphatic carbocycles. The third-order valence-electron chi connectivity index (χ3n) is 4.20. The summed E-state index contributed by atoms with van der Waals surface area (Å²) in [6.07, 6.45) is 8.41. The van der Waals surface area contributed by atoms with E-state index in [0.29, 0.717) is 0 Å². The quantitative estimate of drug-likeness (QED) is 0.738. The minimum atomic E-state index is 0.811. The van der Waals surface area contributed by atoms with Gasteiger partial charge < -0.3 is 16.0 Å². The summed E-state index contributed by atoms with van der Waals surface area (Å²) >= 11 is 0. The van der Waals surface area contributed by atoms with Crippen molar-refractivity contribution in [2.45, 2.75) is 44.6 Å². The minimum absolute atomic E-state index is 0.811. The second-order valence-corrected chi connectivity index (χ2v) is 5.46. The molecule has 3 nitrogen and oxygen atoms in total. The van der Waals surface area contributed by atoms with Crippen molar-refractivity contribution in [3.05, 3.63) is 0 Å². The van der Waals surface area contributed by atoms with Gasteiger partial charge in [0.2, 0.25) is 0 Å². The number of nitrogens with zero attached hydrogens (tertiary/aromatic N) is 1. The Hall–Kier alpha value is -0.120. The van der Waals surface area contributed by atoms with Gasteiger partial charge in [-0.3, -0.25) is 0 Å². The van der Waals surface area contributed by atoms with Crippen LogP contribution in [0, 0.1) is 5.92 Å². The van der Waals surface area contributed by atoms with E-state index < -0.39 is 0 Å². The summed E-state index contributed by atoms with van der Waals surface area (Å²) in [7, 11) is 0. The molecule has 94 valence electrons. The Morgan fingerprint density at radius 1 is 1.06 bits per heavy atom. The molecule has 0 amide bonds. The fourth-order valence-electron chi connectivity index (χ4n) is 3.06. The SMILES string of the molecule is NCCN1CCC(CNC2CCCC2)CC1. The predicted molar refractivity (Wildman–Crippen MR) is 68.5 cm³/mol. The maximum absolute atomic E-state index is 5.58. The molecule has 2 fully saturated rings. The highest BCUT2D eigenvalue weighted by molar-refractivity contribution is 4.78. The molecule has 0 atom stereocenters. The van der Waals surface area contributed by atoms with Crippen molar-refractivity contribution in [1.82, 2.24) is 10.2 Å². The summed E-state index contributed by atoms with van der Waals surface area (Å²) in [6.45, 7) is 5.66. The van der Waals surface area contributed by atoms with Crippen molar-refractivity contribution >= 4 is 0 Å². The first-order valence-corrected chi connectivity index (χ1v) is 7.04. The van der Waals surface area contributed by atoms with Crippen LogP contribution in [0.1, 0.15) is 38.5 Å². The zero-order valence-corrected chi connectivity index (χ0v) is 10.5. The van der Waals surface area contributed by atoms with E-state index >= 15 is 0 Å².